The van der Waals surface area contributed by atoms with Crippen LogP contribution in [0.2, 0.25) is 0 Å². The van der Waals surface area contributed by atoms with Gasteiger partial charge >= 0.3 is 6.09 Å². The van der Waals surface area contributed by atoms with Gasteiger partial charge in [-0.3, -0.25) is 9.97 Å². The monoisotopic (exact) mass is 518 g/mol. The minimum Gasteiger partial charge on any atom is -0.444 e. The van der Waals surface area contributed by atoms with Crippen molar-refractivity contribution in [2.24, 2.45) is 0 Å². The third-order valence-corrected chi connectivity index (χ3v) is 6.34. The zero-order valence-electron chi connectivity index (χ0n) is 21.8. The number of hydrogen-bond acceptors (Lipinski definition) is 8. The van der Waals surface area contributed by atoms with E-state index in [1.807, 2.05) is 32.9 Å². The van der Waals surface area contributed by atoms with E-state index in [0.29, 0.717) is 18.2 Å². The van der Waals surface area contributed by atoms with Gasteiger partial charge in [-0.1, -0.05) is 0 Å². The lowest BCUT2D eigenvalue weighted by molar-refractivity contribution is 0.0498. The summed E-state index contributed by atoms with van der Waals surface area (Å²) in [6, 6.07) is 8.55. The fourth-order valence-electron chi connectivity index (χ4n) is 4.56. The number of imidazole rings is 1. The number of alkyl carbamates (subject to hydrolysis) is 1. The summed E-state index contributed by atoms with van der Waals surface area (Å²) in [5.41, 5.74) is 2.40. The van der Waals surface area contributed by atoms with Crippen molar-refractivity contribution >= 4 is 28.9 Å². The fraction of sp³-hybridized carbons (Fsp3) is 0.370. The predicted molar refractivity (Wildman–Crippen MR) is 143 cm³/mol. The van der Waals surface area contributed by atoms with Gasteiger partial charge in [-0.15, -0.1) is 0 Å². The Bertz CT molecular complexity index is 1450. The van der Waals surface area contributed by atoms with Gasteiger partial charge in [-0.2, -0.15) is 9.61 Å². The van der Waals surface area contributed by atoms with Gasteiger partial charge in [0.2, 0.25) is 5.95 Å². The first kappa shape index (κ1) is 25.4. The van der Waals surface area contributed by atoms with Gasteiger partial charge in [0, 0.05) is 31.0 Å². The van der Waals surface area contributed by atoms with E-state index in [2.05, 4.69) is 42.5 Å². The zero-order chi connectivity index (χ0) is 26.9. The Morgan fingerprint density at radius 2 is 1.95 bits per heavy atom. The molecule has 4 aromatic heterocycles. The summed E-state index contributed by atoms with van der Waals surface area (Å²) in [5, 5.41) is 10.9. The highest BCUT2D eigenvalue weighted by molar-refractivity contribution is 5.74. The molecule has 0 bridgehead atoms. The Balaban J connectivity index is 1.40. The first-order valence-corrected chi connectivity index (χ1v) is 12.6. The van der Waals surface area contributed by atoms with E-state index >= 15 is 0 Å². The number of amides is 1. The summed E-state index contributed by atoms with van der Waals surface area (Å²) < 4.78 is 21.4. The van der Waals surface area contributed by atoms with E-state index in [1.165, 1.54) is 12.3 Å². The van der Waals surface area contributed by atoms with E-state index in [-0.39, 0.29) is 17.8 Å². The molecule has 0 radical (unpaired) electrons. The molecule has 198 valence electrons. The Labute approximate surface area is 220 Å². The van der Waals surface area contributed by atoms with Crippen molar-refractivity contribution in [3.8, 4) is 11.4 Å². The molecular weight excluding hydrogens is 487 g/mol. The van der Waals surface area contributed by atoms with E-state index in [4.69, 9.17) is 4.74 Å². The van der Waals surface area contributed by atoms with E-state index in [0.717, 1.165) is 29.7 Å². The summed E-state index contributed by atoms with van der Waals surface area (Å²) >= 11 is 0. The van der Waals surface area contributed by atoms with Gasteiger partial charge in [0.05, 0.1) is 29.3 Å². The lowest BCUT2D eigenvalue weighted by atomic mass is 9.98. The van der Waals surface area contributed by atoms with Crippen LogP contribution in [0.15, 0.2) is 55.1 Å². The lowest BCUT2D eigenvalue weighted by Gasteiger charge is -2.40. The number of carbonyl (C=O) groups is 1. The summed E-state index contributed by atoms with van der Waals surface area (Å²) in [4.78, 5) is 27.6. The van der Waals surface area contributed by atoms with Crippen molar-refractivity contribution in [1.82, 2.24) is 29.9 Å². The summed E-state index contributed by atoms with van der Waals surface area (Å²) in [6.07, 6.45) is 8.03. The largest absolute Gasteiger partial charge is 0.444 e. The smallest absolute Gasteiger partial charge is 0.407 e. The number of nitrogens with zero attached hydrogens (tertiary/aromatic N) is 6. The molecule has 1 amide bonds. The molecule has 2 N–H and O–H groups in total. The third kappa shape index (κ3) is 5.51. The molecule has 5 rings (SSSR count). The van der Waals surface area contributed by atoms with Crippen LogP contribution in [0.25, 0.3) is 16.9 Å². The van der Waals surface area contributed by atoms with Gasteiger partial charge in [-0.25, -0.2) is 14.2 Å². The highest BCUT2D eigenvalue weighted by Gasteiger charge is 2.29. The van der Waals surface area contributed by atoms with Crippen LogP contribution in [-0.2, 0) is 4.74 Å². The molecular formula is C27H31FN8O2. The Kier molecular flexibility index (Phi) is 6.83. The molecule has 1 saturated heterocycles. The average Bonchev–Trinajstić information content (AvgIpc) is 3.27. The minimum absolute atomic E-state index is 0.0631. The molecule has 0 spiro atoms. The lowest BCUT2D eigenvalue weighted by Crippen LogP contribution is -2.52. The van der Waals surface area contributed by atoms with Crippen molar-refractivity contribution in [2.75, 3.05) is 16.8 Å². The summed E-state index contributed by atoms with van der Waals surface area (Å²) in [6.45, 7) is 8.32. The predicted octanol–water partition coefficient (Wildman–Crippen LogP) is 4.95. The number of pyridine rings is 2. The molecule has 11 heteroatoms. The van der Waals surface area contributed by atoms with E-state index in [1.54, 1.807) is 35.2 Å². The minimum atomic E-state index is -0.558. The van der Waals surface area contributed by atoms with Crippen molar-refractivity contribution < 1.29 is 13.9 Å². The fourth-order valence-corrected chi connectivity index (χ4v) is 4.56. The highest BCUT2D eigenvalue weighted by Crippen LogP contribution is 2.33. The number of rotatable bonds is 5. The van der Waals surface area contributed by atoms with Crippen LogP contribution in [0.4, 0.5) is 26.5 Å². The molecule has 0 unspecified atom stereocenters. The Hall–Kier alpha value is -4.28. The molecule has 4 aromatic rings. The third-order valence-electron chi connectivity index (χ3n) is 6.34. The standard InChI is InChI=1S/C27H31FN8O2/c1-17-7-8-18(32-26(37)38-27(2,3)4)16-35(17)23-11-13-29-15-22(23)33-25-31-14-19-9-10-21(34-36(19)25)24-20(28)6-5-12-30-24/h5-6,9-15,17-18H,7-8,16H2,1-4H3,(H,31,33)(H,32,37)/t17-,18-/m0/s1. The number of aromatic nitrogens is 5. The second-order valence-electron chi connectivity index (χ2n) is 10.4. The van der Waals surface area contributed by atoms with Crippen molar-refractivity contribution in [3.63, 3.8) is 0 Å². The number of hydrogen-bond donors (Lipinski definition) is 2. The van der Waals surface area contributed by atoms with E-state index in [9.17, 15) is 9.18 Å². The quantitative estimate of drug-likeness (QED) is 0.382. The second kappa shape index (κ2) is 10.2. The Morgan fingerprint density at radius 1 is 1.11 bits per heavy atom. The van der Waals surface area contributed by atoms with Crippen LogP contribution in [0.3, 0.4) is 0 Å². The number of anilines is 3. The van der Waals surface area contributed by atoms with Gasteiger partial charge in [0.25, 0.3) is 0 Å². The molecule has 0 aliphatic carbocycles. The Morgan fingerprint density at radius 3 is 2.74 bits per heavy atom. The topological polar surface area (TPSA) is 110 Å². The first-order valence-electron chi connectivity index (χ1n) is 12.6. The van der Waals surface area contributed by atoms with Crippen molar-refractivity contribution in [3.05, 3.63) is 60.9 Å². The number of halogens is 1. The van der Waals surface area contributed by atoms with Crippen LogP contribution in [0, 0.1) is 5.82 Å². The number of piperidine rings is 1. The summed E-state index contributed by atoms with van der Waals surface area (Å²) in [7, 11) is 0. The zero-order valence-corrected chi connectivity index (χ0v) is 21.8. The molecule has 1 fully saturated rings. The molecule has 0 saturated carbocycles. The highest BCUT2D eigenvalue weighted by atomic mass is 19.1. The molecule has 0 aromatic carbocycles. The van der Waals surface area contributed by atoms with Crippen LogP contribution in [0.1, 0.15) is 40.5 Å². The van der Waals surface area contributed by atoms with Gasteiger partial charge < -0.3 is 20.3 Å². The van der Waals surface area contributed by atoms with Crippen molar-refractivity contribution in [2.45, 2.75) is 58.2 Å². The normalized spacial score (nSPS) is 17.9. The van der Waals surface area contributed by atoms with Gasteiger partial charge in [0.1, 0.15) is 17.0 Å². The van der Waals surface area contributed by atoms with Crippen LogP contribution < -0.4 is 15.5 Å². The SMILES string of the molecule is C[C@H]1CC[C@H](NC(=O)OC(C)(C)C)CN1c1ccncc1Nc1ncc2ccc(-c3ncccc3F)nn12. The maximum Gasteiger partial charge on any atom is 0.407 e. The van der Waals surface area contributed by atoms with Gasteiger partial charge in [-0.05, 0) is 70.9 Å². The van der Waals surface area contributed by atoms with Crippen LogP contribution >= 0.6 is 0 Å². The van der Waals surface area contributed by atoms with Crippen molar-refractivity contribution in [1.29, 1.82) is 0 Å². The molecule has 10 nitrogen and oxygen atoms in total. The number of nitrogens with one attached hydrogen (secondary N) is 2. The molecule has 38 heavy (non-hydrogen) atoms. The number of carbonyl (C=O) groups excluding carboxylic acids is 1. The first-order chi connectivity index (χ1) is 18.2. The molecule has 2 atom stereocenters. The number of ether oxygens (including phenoxy) is 1. The average molecular weight is 519 g/mol. The van der Waals surface area contributed by atoms with Crippen LogP contribution in [-0.4, -0.2) is 54.9 Å². The maximum absolute atomic E-state index is 14.3. The van der Waals surface area contributed by atoms with Gasteiger partial charge in [0.15, 0.2) is 5.82 Å². The number of fused-ring (bicyclic) bond motifs is 1. The second-order valence-corrected chi connectivity index (χ2v) is 10.4. The molecule has 1 aliphatic heterocycles. The maximum atomic E-state index is 14.3. The molecule has 1 aliphatic rings. The summed E-state index contributed by atoms with van der Waals surface area (Å²) in [5.74, 6) is 0.0117. The van der Waals surface area contributed by atoms with E-state index < -0.39 is 17.5 Å². The van der Waals surface area contributed by atoms with Crippen LogP contribution in [0.5, 0.6) is 0 Å². The molecule has 5 heterocycles.